The maximum atomic E-state index is 11.8. The van der Waals surface area contributed by atoms with E-state index in [4.69, 9.17) is 0 Å². The number of rotatable bonds is 0. The van der Waals surface area contributed by atoms with Crippen molar-refractivity contribution in [3.63, 3.8) is 0 Å². The molecule has 0 spiro atoms. The smallest absolute Gasteiger partial charge is 0.163 e. The first-order valence-electron chi connectivity index (χ1n) is 6.30. The van der Waals surface area contributed by atoms with E-state index in [1.165, 1.54) is 27.1 Å². The molecule has 0 saturated carbocycles. The van der Waals surface area contributed by atoms with E-state index in [1.54, 1.807) is 0 Å². The maximum Gasteiger partial charge on any atom is 0.163 e. The molecule has 0 fully saturated rings. The van der Waals surface area contributed by atoms with Gasteiger partial charge >= 0.3 is 0 Å². The second kappa shape index (κ2) is 3.42. The minimum absolute atomic E-state index is 0.292. The van der Waals surface area contributed by atoms with Gasteiger partial charge in [-0.1, -0.05) is 36.4 Å². The number of benzene rings is 3. The molecule has 0 aliphatic heterocycles. The topological polar surface area (TPSA) is 17.1 Å². The molecule has 1 nitrogen and oxygen atoms in total. The lowest BCUT2D eigenvalue weighted by molar-refractivity contribution is 0.0994. The van der Waals surface area contributed by atoms with Crippen LogP contribution in [0.15, 0.2) is 48.5 Å². The summed E-state index contributed by atoms with van der Waals surface area (Å²) in [6, 6.07) is 16.9. The lowest BCUT2D eigenvalue weighted by atomic mass is 9.97. The average Bonchev–Trinajstić information content (AvgIpc) is 2.78. The van der Waals surface area contributed by atoms with Gasteiger partial charge in [0.15, 0.2) is 5.78 Å². The van der Waals surface area contributed by atoms with Crippen LogP contribution in [0.25, 0.3) is 21.5 Å². The molecule has 0 aromatic heterocycles. The van der Waals surface area contributed by atoms with E-state index in [0.717, 1.165) is 12.0 Å². The number of Topliss-reactive ketones (excluding diaryl/α,β-unsaturated/α-hetero) is 1. The second-order valence-corrected chi connectivity index (χ2v) is 4.94. The zero-order valence-corrected chi connectivity index (χ0v) is 9.94. The molecule has 3 aromatic rings. The van der Waals surface area contributed by atoms with Crippen LogP contribution in [0, 0.1) is 0 Å². The third-order valence-electron chi connectivity index (χ3n) is 3.90. The molecule has 3 aromatic carbocycles. The van der Waals surface area contributed by atoms with Gasteiger partial charge in [0.05, 0.1) is 0 Å². The van der Waals surface area contributed by atoms with Crippen molar-refractivity contribution in [2.45, 2.75) is 12.8 Å². The quantitative estimate of drug-likeness (QED) is 0.533. The van der Waals surface area contributed by atoms with Crippen LogP contribution in [0.2, 0.25) is 0 Å². The lowest BCUT2D eigenvalue weighted by Gasteiger charge is -2.06. The lowest BCUT2D eigenvalue weighted by Crippen LogP contribution is -1.91. The van der Waals surface area contributed by atoms with E-state index in [-0.39, 0.29) is 0 Å². The van der Waals surface area contributed by atoms with Crippen molar-refractivity contribution in [2.24, 2.45) is 0 Å². The van der Waals surface area contributed by atoms with Gasteiger partial charge in [-0.25, -0.2) is 0 Å². The van der Waals surface area contributed by atoms with Crippen molar-refractivity contribution in [1.82, 2.24) is 0 Å². The number of carbonyl (C=O) groups is 1. The van der Waals surface area contributed by atoms with Crippen LogP contribution >= 0.6 is 0 Å². The van der Waals surface area contributed by atoms with Gasteiger partial charge < -0.3 is 0 Å². The molecule has 0 bridgehead atoms. The largest absolute Gasteiger partial charge is 0.294 e. The molecule has 0 atom stereocenters. The molecule has 0 N–H and O–H groups in total. The first kappa shape index (κ1) is 9.84. The second-order valence-electron chi connectivity index (χ2n) is 4.94. The van der Waals surface area contributed by atoms with Gasteiger partial charge in [0.25, 0.3) is 0 Å². The molecular weight excluding hydrogens is 220 g/mol. The third kappa shape index (κ3) is 1.25. The molecule has 1 aliphatic rings. The minimum atomic E-state index is 0.292. The summed E-state index contributed by atoms with van der Waals surface area (Å²) in [6.45, 7) is 0. The van der Waals surface area contributed by atoms with Crippen molar-refractivity contribution in [3.8, 4) is 0 Å². The van der Waals surface area contributed by atoms with Crippen molar-refractivity contribution in [2.75, 3.05) is 0 Å². The molecule has 0 amide bonds. The summed E-state index contributed by atoms with van der Waals surface area (Å²) < 4.78 is 0. The Morgan fingerprint density at radius 3 is 2.39 bits per heavy atom. The standard InChI is InChI=1S/C17H12O/c18-17-8-7-14-15(17)6-5-13-9-11-3-1-2-4-12(11)10-16(13)14/h1-6,9-10H,7-8H2. The molecule has 1 aliphatic carbocycles. The highest BCUT2D eigenvalue weighted by Gasteiger charge is 2.21. The van der Waals surface area contributed by atoms with Crippen molar-refractivity contribution < 1.29 is 4.79 Å². The molecule has 0 heterocycles. The Hall–Kier alpha value is -2.15. The normalized spacial score (nSPS) is 14.3. The highest BCUT2D eigenvalue weighted by Crippen LogP contribution is 2.32. The fraction of sp³-hybridized carbons (Fsp3) is 0.118. The van der Waals surface area contributed by atoms with Crippen LogP contribution < -0.4 is 0 Å². The predicted octanol–water partition coefficient (Wildman–Crippen LogP) is 4.12. The van der Waals surface area contributed by atoms with Gasteiger partial charge in [-0.2, -0.15) is 0 Å². The first-order valence-corrected chi connectivity index (χ1v) is 6.30. The Labute approximate surface area is 105 Å². The summed E-state index contributed by atoms with van der Waals surface area (Å²) in [7, 11) is 0. The van der Waals surface area contributed by atoms with Crippen LogP contribution in [0.4, 0.5) is 0 Å². The summed E-state index contributed by atoms with van der Waals surface area (Å²) in [6.07, 6.45) is 1.56. The van der Waals surface area contributed by atoms with E-state index in [9.17, 15) is 4.79 Å². The maximum absolute atomic E-state index is 11.8. The molecule has 0 saturated heterocycles. The molecule has 86 valence electrons. The number of carbonyl (C=O) groups excluding carboxylic acids is 1. The van der Waals surface area contributed by atoms with Gasteiger partial charge in [0.2, 0.25) is 0 Å². The Balaban J connectivity index is 2.16. The van der Waals surface area contributed by atoms with Crippen LogP contribution in [-0.4, -0.2) is 5.78 Å². The number of hydrogen-bond donors (Lipinski definition) is 0. The fourth-order valence-corrected chi connectivity index (χ4v) is 2.98. The fourth-order valence-electron chi connectivity index (χ4n) is 2.98. The number of aryl methyl sites for hydroxylation is 1. The Morgan fingerprint density at radius 1 is 0.778 bits per heavy atom. The van der Waals surface area contributed by atoms with Gasteiger partial charge in [-0.15, -0.1) is 0 Å². The number of ketones is 1. The number of fused-ring (bicyclic) bond motifs is 4. The summed E-state index contributed by atoms with van der Waals surface area (Å²) in [5.74, 6) is 0.292. The first-order chi connectivity index (χ1) is 8.83. The van der Waals surface area contributed by atoms with Crippen LogP contribution in [0.1, 0.15) is 22.3 Å². The molecule has 0 radical (unpaired) electrons. The monoisotopic (exact) mass is 232 g/mol. The van der Waals surface area contributed by atoms with Crippen molar-refractivity contribution in [1.29, 1.82) is 0 Å². The van der Waals surface area contributed by atoms with E-state index in [2.05, 4.69) is 42.5 Å². The third-order valence-corrected chi connectivity index (χ3v) is 3.90. The zero-order valence-electron chi connectivity index (χ0n) is 9.94. The van der Waals surface area contributed by atoms with Crippen LogP contribution in [0.3, 0.4) is 0 Å². The minimum Gasteiger partial charge on any atom is -0.294 e. The van der Waals surface area contributed by atoms with Gasteiger partial charge in [-0.3, -0.25) is 4.79 Å². The molecular formula is C17H12O. The Kier molecular flexibility index (Phi) is 1.87. The molecule has 1 heteroatoms. The zero-order chi connectivity index (χ0) is 12.1. The van der Waals surface area contributed by atoms with Crippen molar-refractivity contribution in [3.05, 3.63) is 59.7 Å². The molecule has 18 heavy (non-hydrogen) atoms. The summed E-state index contributed by atoms with van der Waals surface area (Å²) >= 11 is 0. The summed E-state index contributed by atoms with van der Waals surface area (Å²) in [5, 5.41) is 4.99. The van der Waals surface area contributed by atoms with Gasteiger partial charge in [-0.05, 0) is 45.7 Å². The van der Waals surface area contributed by atoms with E-state index < -0.39 is 0 Å². The van der Waals surface area contributed by atoms with Crippen LogP contribution in [-0.2, 0) is 6.42 Å². The highest BCUT2D eigenvalue weighted by molar-refractivity contribution is 6.08. The van der Waals surface area contributed by atoms with Gasteiger partial charge in [0.1, 0.15) is 0 Å². The van der Waals surface area contributed by atoms with Crippen molar-refractivity contribution >= 4 is 27.3 Å². The van der Waals surface area contributed by atoms with E-state index in [0.29, 0.717) is 12.2 Å². The Bertz CT molecular complexity index is 799. The molecule has 0 unspecified atom stereocenters. The van der Waals surface area contributed by atoms with E-state index in [1.807, 2.05) is 6.07 Å². The molecule has 4 rings (SSSR count). The predicted molar refractivity (Wildman–Crippen MR) is 74.1 cm³/mol. The Morgan fingerprint density at radius 2 is 1.56 bits per heavy atom. The SMILES string of the molecule is O=C1CCc2c1ccc1cc3ccccc3cc21. The summed E-state index contributed by atoms with van der Waals surface area (Å²) in [4.78, 5) is 11.8. The summed E-state index contributed by atoms with van der Waals surface area (Å²) in [5.41, 5.74) is 2.17. The number of hydrogen-bond acceptors (Lipinski definition) is 1. The highest BCUT2D eigenvalue weighted by atomic mass is 16.1. The van der Waals surface area contributed by atoms with Crippen LogP contribution in [0.5, 0.6) is 0 Å². The van der Waals surface area contributed by atoms with E-state index >= 15 is 0 Å². The van der Waals surface area contributed by atoms with Gasteiger partial charge in [0, 0.05) is 12.0 Å². The average molecular weight is 232 g/mol.